The lowest BCUT2D eigenvalue weighted by Crippen LogP contribution is -2.24. The van der Waals surface area contributed by atoms with Crippen molar-refractivity contribution in [3.63, 3.8) is 0 Å². The zero-order chi connectivity index (χ0) is 70.5. The number of para-hydroxylation sites is 6. The van der Waals surface area contributed by atoms with Gasteiger partial charge in [0.1, 0.15) is 11.2 Å². The van der Waals surface area contributed by atoms with E-state index in [1.54, 1.807) is 6.92 Å². The second kappa shape index (κ2) is 24.9. The summed E-state index contributed by atoms with van der Waals surface area (Å²) in [6.07, 6.45) is 0. The van der Waals surface area contributed by atoms with Crippen molar-refractivity contribution in [2.75, 3.05) is 15.5 Å². The van der Waals surface area contributed by atoms with Crippen molar-refractivity contribution >= 4 is 127 Å². The average Bonchev–Trinajstić information content (AvgIpc) is 1.59. The van der Waals surface area contributed by atoms with Crippen molar-refractivity contribution in [2.45, 2.75) is 52.4 Å². The predicted molar refractivity (Wildman–Crippen MR) is 434 cm³/mol. The van der Waals surface area contributed by atoms with Crippen LogP contribution < -0.4 is 15.5 Å². The number of carbonyl (C=O) groups excluding carboxylic acids is 2. The number of hydrogen-bond donors (Lipinski definition) is 2. The van der Waals surface area contributed by atoms with Crippen LogP contribution in [0.25, 0.3) is 132 Å². The van der Waals surface area contributed by atoms with Gasteiger partial charge in [-0.2, -0.15) is 0 Å². The van der Waals surface area contributed by atoms with Gasteiger partial charge in [-0.05, 0) is 164 Å². The van der Waals surface area contributed by atoms with Crippen LogP contribution in [-0.4, -0.2) is 20.9 Å². The average molecular weight is 1340 g/mol. The fourth-order valence-electron chi connectivity index (χ4n) is 16.6. The molecule has 0 unspecified atom stereocenters. The minimum Gasteiger partial charge on any atom is -0.455 e. The number of fused-ring (bicyclic) bond motifs is 17. The van der Waals surface area contributed by atoms with Gasteiger partial charge in [-0.25, -0.2) is 0 Å². The summed E-state index contributed by atoms with van der Waals surface area (Å²) in [7, 11) is 0. The van der Waals surface area contributed by atoms with Gasteiger partial charge in [-0.3, -0.25) is 14.5 Å². The molecule has 104 heavy (non-hydrogen) atoms. The first-order valence-electron chi connectivity index (χ1n) is 35.6. The molecule has 0 fully saturated rings. The Hall–Kier alpha value is -13.0. The van der Waals surface area contributed by atoms with Crippen LogP contribution in [0.5, 0.6) is 0 Å². The minimum atomic E-state index is -0.239. The quantitative estimate of drug-likeness (QED) is 0.159. The van der Waals surface area contributed by atoms with E-state index in [1.807, 2.05) is 77.7 Å². The Bertz CT molecular complexity index is 6400. The van der Waals surface area contributed by atoms with Crippen molar-refractivity contribution in [1.29, 1.82) is 0 Å². The van der Waals surface area contributed by atoms with E-state index in [4.69, 9.17) is 4.42 Å². The Morgan fingerprint density at radius 3 is 1.34 bits per heavy atom. The van der Waals surface area contributed by atoms with Gasteiger partial charge in [0.25, 0.3) is 0 Å². The molecule has 3 aromatic heterocycles. The Labute approximate surface area is 603 Å². The van der Waals surface area contributed by atoms with Crippen molar-refractivity contribution < 1.29 is 14.0 Å². The summed E-state index contributed by atoms with van der Waals surface area (Å²) in [5.74, 6) is -0.0783. The molecule has 3 heterocycles. The maximum atomic E-state index is 13.2. The van der Waals surface area contributed by atoms with Gasteiger partial charge in [0.05, 0.1) is 27.8 Å². The number of furan rings is 1. The molecule has 15 aromatic carbocycles. The molecule has 2 aliphatic rings. The Balaban J connectivity index is 0.000000116. The highest BCUT2D eigenvalue weighted by Crippen LogP contribution is 2.53. The summed E-state index contributed by atoms with van der Waals surface area (Å²) in [5.41, 5.74) is 26.1. The Morgan fingerprint density at radius 2 is 0.779 bits per heavy atom. The van der Waals surface area contributed by atoms with Gasteiger partial charge < -0.3 is 24.2 Å². The third kappa shape index (κ3) is 10.5. The number of rotatable bonds is 8. The number of nitrogens with one attached hydrogen (secondary N) is 2. The van der Waals surface area contributed by atoms with Crippen molar-refractivity contribution in [3.05, 3.63) is 344 Å². The van der Waals surface area contributed by atoms with E-state index in [0.717, 1.165) is 78.0 Å². The fourth-order valence-corrected chi connectivity index (χ4v) is 16.6. The lowest BCUT2D eigenvalue weighted by atomic mass is 9.82. The molecule has 0 bridgehead atoms. The largest absolute Gasteiger partial charge is 0.455 e. The minimum absolute atomic E-state index is 0.00623. The first-order valence-corrected chi connectivity index (χ1v) is 35.6. The zero-order valence-electron chi connectivity index (χ0n) is 58.7. The van der Waals surface area contributed by atoms with E-state index in [1.165, 1.54) is 112 Å². The smallest absolute Gasteiger partial charge is 0.228 e. The maximum Gasteiger partial charge on any atom is 0.228 e. The molecule has 0 saturated carbocycles. The van der Waals surface area contributed by atoms with Crippen molar-refractivity contribution in [2.24, 2.45) is 0 Å². The number of carbonyl (C=O) groups is 2. The highest BCUT2D eigenvalue weighted by Gasteiger charge is 2.38. The van der Waals surface area contributed by atoms with Crippen molar-refractivity contribution in [3.8, 4) is 44.8 Å². The molecule has 2 amide bonds. The number of nitrogens with zero attached hydrogens (tertiary/aromatic N) is 3. The third-order valence-corrected chi connectivity index (χ3v) is 21.5. The summed E-state index contributed by atoms with van der Waals surface area (Å²) in [4.78, 5) is 26.2. The molecule has 2 aliphatic carbocycles. The number of aromatic nitrogens is 2. The Kier molecular flexibility index (Phi) is 15.1. The van der Waals surface area contributed by atoms with Crippen LogP contribution in [0, 0.1) is 0 Å². The monoisotopic (exact) mass is 1340 g/mol. The summed E-state index contributed by atoms with van der Waals surface area (Å²) in [6, 6.07) is 113. The predicted octanol–water partition coefficient (Wildman–Crippen LogP) is 25.1. The molecule has 0 saturated heterocycles. The molecule has 2 N–H and O–H groups in total. The van der Waals surface area contributed by atoms with Gasteiger partial charge in [0.2, 0.25) is 11.8 Å². The highest BCUT2D eigenvalue weighted by atomic mass is 16.3. The molecule has 0 aliphatic heterocycles. The normalized spacial score (nSPS) is 12.9. The molecule has 0 atom stereocenters. The molecular formula is C96H73N5O3. The summed E-state index contributed by atoms with van der Waals surface area (Å²) >= 11 is 0. The number of hydrogen-bond acceptors (Lipinski definition) is 4. The third-order valence-electron chi connectivity index (χ3n) is 21.5. The lowest BCUT2D eigenvalue weighted by molar-refractivity contribution is -0.116. The molecule has 18 aromatic rings. The lowest BCUT2D eigenvalue weighted by Gasteiger charge is -2.26. The second-order valence-electron chi connectivity index (χ2n) is 28.5. The van der Waals surface area contributed by atoms with Crippen LogP contribution in [0.1, 0.15) is 63.8 Å². The molecule has 8 heteroatoms. The number of benzene rings is 15. The second-order valence-corrected chi connectivity index (χ2v) is 28.5. The zero-order valence-corrected chi connectivity index (χ0v) is 58.7. The van der Waals surface area contributed by atoms with E-state index in [0.29, 0.717) is 0 Å². The van der Waals surface area contributed by atoms with Gasteiger partial charge >= 0.3 is 0 Å². The van der Waals surface area contributed by atoms with E-state index in [9.17, 15) is 9.59 Å². The Morgan fingerprint density at radius 1 is 0.356 bits per heavy atom. The summed E-state index contributed by atoms with van der Waals surface area (Å²) < 4.78 is 10.9. The molecular weight excluding hydrogens is 1270 g/mol. The molecule has 0 spiro atoms. The van der Waals surface area contributed by atoms with E-state index in [-0.39, 0.29) is 22.6 Å². The van der Waals surface area contributed by atoms with Crippen LogP contribution in [-0.2, 0) is 20.4 Å². The van der Waals surface area contributed by atoms with Gasteiger partial charge in [-0.15, -0.1) is 0 Å². The highest BCUT2D eigenvalue weighted by molar-refractivity contribution is 6.13. The molecule has 500 valence electrons. The molecule has 20 rings (SSSR count). The summed E-state index contributed by atoms with van der Waals surface area (Å²) in [6.45, 7) is 12.5. The van der Waals surface area contributed by atoms with Crippen LogP contribution in [0.15, 0.2) is 326 Å². The number of anilines is 5. The molecule has 8 nitrogen and oxygen atoms in total. The van der Waals surface area contributed by atoms with Crippen molar-refractivity contribution in [1.82, 2.24) is 9.13 Å². The fraction of sp³-hybridized carbons (Fsp3) is 0.0833. The topological polar surface area (TPSA) is 84.4 Å². The maximum absolute atomic E-state index is 13.2. The summed E-state index contributed by atoms with van der Waals surface area (Å²) in [5, 5.41) is 18.5. The van der Waals surface area contributed by atoms with E-state index >= 15 is 0 Å². The van der Waals surface area contributed by atoms with Gasteiger partial charge in [0.15, 0.2) is 0 Å². The van der Waals surface area contributed by atoms with Gasteiger partial charge in [-0.1, -0.05) is 246 Å². The van der Waals surface area contributed by atoms with E-state index < -0.39 is 0 Å². The number of amides is 2. The first-order chi connectivity index (χ1) is 50.7. The van der Waals surface area contributed by atoms with E-state index in [2.05, 4.69) is 296 Å². The first kappa shape index (κ1) is 63.2. The van der Waals surface area contributed by atoms with Crippen LogP contribution in [0.2, 0.25) is 0 Å². The van der Waals surface area contributed by atoms with Gasteiger partial charge in [0, 0.05) is 107 Å². The van der Waals surface area contributed by atoms with Crippen LogP contribution in [0.3, 0.4) is 0 Å². The van der Waals surface area contributed by atoms with Crippen LogP contribution in [0.4, 0.5) is 28.4 Å². The molecule has 0 radical (unpaired) electrons. The SMILES string of the molecule is CC(=O)N(c1ccc2c(c1)C(C)(C)c1cc(-n3c4ccccc4c4ccccc43)ccc1-2)c1cccc2ccccc12.CC(=O)Nc1ccc(-c2cccc3c2oc2ccccc23)cc1.CC1(C)c2cc(Nc3cccc4ccccc34)ccc2-c2ccc(-n3c4ccccc4c4ccccc43)cc21. The standard InChI is InChI=1S/C39H30N2O.C37H28N2.C20H15NO2/c1-25(42)40(36-18-10-12-26-11-4-5-13-29(26)36)27-19-21-30-31-22-20-28(24-35(31)39(2,3)34(30)23-27)41-37-16-8-6-14-32(37)33-15-7-9-17-38(33)41;1-37(2)32-22-25(38-34-15-9-11-24-10-3-4-12-27(24)34)18-20-28(32)29-21-19-26(23-33(29)37)39-35-16-7-5-13-30(35)31-14-6-8-17-36(31)39;1-13(22)21-15-11-9-14(10-12-15)16-6-4-7-18-17-5-2-3-8-19(17)23-20(16)18/h4-24H,1-3H3;3-23,38H,1-2H3;2-12H,1H3,(H,21,22). The van der Waals surface area contributed by atoms with Crippen LogP contribution >= 0.6 is 0 Å².